The van der Waals surface area contributed by atoms with E-state index in [1.807, 2.05) is 36.4 Å². The molecular weight excluding hydrogens is 216 g/mol. The second kappa shape index (κ2) is 4.45. The molecule has 0 unspecified atom stereocenters. The van der Waals surface area contributed by atoms with Crippen LogP contribution in [0.3, 0.4) is 0 Å². The van der Waals surface area contributed by atoms with E-state index in [1.165, 1.54) is 18.2 Å². The van der Waals surface area contributed by atoms with Gasteiger partial charge >= 0.3 is 0 Å². The molecule has 0 saturated carbocycles. The summed E-state index contributed by atoms with van der Waals surface area (Å²) in [5.41, 5.74) is 1.81. The Balaban J connectivity index is 2.63. The van der Waals surface area contributed by atoms with Crippen molar-refractivity contribution < 1.29 is 4.92 Å². The summed E-state index contributed by atoms with van der Waals surface area (Å²) in [4.78, 5) is 10.2. The molecule has 0 spiro atoms. The number of nitrogens with zero attached hydrogens (tertiary/aromatic N) is 2. The van der Waals surface area contributed by atoms with Gasteiger partial charge in [0.05, 0.1) is 16.6 Å². The van der Waals surface area contributed by atoms with Gasteiger partial charge in [-0.15, -0.1) is 0 Å². The van der Waals surface area contributed by atoms with E-state index in [4.69, 9.17) is 5.26 Å². The Morgan fingerprint density at radius 1 is 1.12 bits per heavy atom. The highest BCUT2D eigenvalue weighted by molar-refractivity contribution is 5.72. The van der Waals surface area contributed by atoms with Crippen LogP contribution in [0.25, 0.3) is 11.1 Å². The van der Waals surface area contributed by atoms with Crippen molar-refractivity contribution in [3.05, 3.63) is 64.2 Å². The van der Waals surface area contributed by atoms with Crippen molar-refractivity contribution in [2.75, 3.05) is 0 Å². The molecule has 0 aliphatic rings. The zero-order valence-electron chi connectivity index (χ0n) is 8.83. The van der Waals surface area contributed by atoms with E-state index in [9.17, 15) is 10.1 Å². The van der Waals surface area contributed by atoms with Crippen molar-refractivity contribution in [1.82, 2.24) is 0 Å². The van der Waals surface area contributed by atoms with Crippen LogP contribution in [-0.2, 0) is 0 Å². The Morgan fingerprint density at radius 2 is 1.82 bits per heavy atom. The third-order valence-corrected chi connectivity index (χ3v) is 2.42. The minimum Gasteiger partial charge on any atom is -0.258 e. The summed E-state index contributed by atoms with van der Waals surface area (Å²) in [6, 6.07) is 15.4. The van der Waals surface area contributed by atoms with Crippen LogP contribution in [0, 0.1) is 21.4 Å². The van der Waals surface area contributed by atoms with E-state index >= 15 is 0 Å². The Morgan fingerprint density at radius 3 is 2.41 bits per heavy atom. The summed E-state index contributed by atoms with van der Waals surface area (Å²) < 4.78 is 0. The summed E-state index contributed by atoms with van der Waals surface area (Å²) in [5, 5.41) is 19.7. The molecule has 2 aromatic carbocycles. The quantitative estimate of drug-likeness (QED) is 0.581. The van der Waals surface area contributed by atoms with Gasteiger partial charge in [-0.05, 0) is 11.6 Å². The molecule has 0 bridgehead atoms. The normalized spacial score (nSPS) is 9.59. The van der Waals surface area contributed by atoms with E-state index < -0.39 is 4.92 Å². The predicted molar refractivity (Wildman–Crippen MR) is 63.2 cm³/mol. The van der Waals surface area contributed by atoms with Crippen molar-refractivity contribution >= 4 is 5.69 Å². The van der Waals surface area contributed by atoms with Crippen LogP contribution in [0.15, 0.2) is 48.5 Å². The molecule has 2 aromatic rings. The van der Waals surface area contributed by atoms with Crippen LogP contribution in [0.5, 0.6) is 0 Å². The molecule has 0 radical (unpaired) electrons. The van der Waals surface area contributed by atoms with Gasteiger partial charge in [-0.1, -0.05) is 30.3 Å². The Bertz CT molecular complexity index is 601. The smallest absolute Gasteiger partial charge is 0.258 e. The van der Waals surface area contributed by atoms with Crippen molar-refractivity contribution in [3.63, 3.8) is 0 Å². The monoisotopic (exact) mass is 224 g/mol. The van der Waals surface area contributed by atoms with Gasteiger partial charge in [-0.3, -0.25) is 10.1 Å². The fourth-order valence-corrected chi connectivity index (χ4v) is 1.60. The number of nitro benzene ring substituents is 1. The fraction of sp³-hybridized carbons (Fsp3) is 0. The number of nitriles is 1. The minimum absolute atomic E-state index is 0.0112. The molecule has 0 aliphatic carbocycles. The Labute approximate surface area is 97.9 Å². The molecular formula is C13H8N2O2. The zero-order valence-corrected chi connectivity index (χ0v) is 8.83. The number of hydrogen-bond donors (Lipinski definition) is 0. The van der Waals surface area contributed by atoms with Crippen LogP contribution >= 0.6 is 0 Å². The highest BCUT2D eigenvalue weighted by atomic mass is 16.6. The van der Waals surface area contributed by atoms with E-state index in [1.54, 1.807) is 0 Å². The number of nitro groups is 1. The average molecular weight is 224 g/mol. The van der Waals surface area contributed by atoms with Gasteiger partial charge in [0.2, 0.25) is 0 Å². The zero-order chi connectivity index (χ0) is 12.3. The van der Waals surface area contributed by atoms with Gasteiger partial charge in [0, 0.05) is 17.7 Å². The number of rotatable bonds is 2. The van der Waals surface area contributed by atoms with Gasteiger partial charge in [0.1, 0.15) is 0 Å². The van der Waals surface area contributed by atoms with E-state index in [0.717, 1.165) is 5.56 Å². The maximum Gasteiger partial charge on any atom is 0.270 e. The summed E-state index contributed by atoms with van der Waals surface area (Å²) in [5.74, 6) is 0. The topological polar surface area (TPSA) is 66.9 Å². The first-order chi connectivity index (χ1) is 8.22. The highest BCUT2D eigenvalue weighted by Crippen LogP contribution is 2.27. The second-order valence-corrected chi connectivity index (χ2v) is 3.46. The highest BCUT2D eigenvalue weighted by Gasteiger charge is 2.11. The second-order valence-electron chi connectivity index (χ2n) is 3.46. The van der Waals surface area contributed by atoms with E-state index in [0.29, 0.717) is 11.1 Å². The number of benzene rings is 2. The molecule has 0 saturated heterocycles. The summed E-state index contributed by atoms with van der Waals surface area (Å²) in [7, 11) is 0. The third kappa shape index (κ3) is 2.13. The van der Waals surface area contributed by atoms with Crippen molar-refractivity contribution in [3.8, 4) is 17.2 Å². The molecule has 0 N–H and O–H groups in total. The molecule has 0 heterocycles. The molecule has 82 valence electrons. The third-order valence-electron chi connectivity index (χ3n) is 2.42. The SMILES string of the molecule is N#Cc1ccc([N+](=O)[O-])cc1-c1ccccc1. The van der Waals surface area contributed by atoms with Crippen LogP contribution < -0.4 is 0 Å². The lowest BCUT2D eigenvalue weighted by Crippen LogP contribution is -1.91. The molecule has 0 atom stereocenters. The van der Waals surface area contributed by atoms with Crippen LogP contribution in [0.1, 0.15) is 5.56 Å². The molecule has 0 aliphatic heterocycles. The standard InChI is InChI=1S/C13H8N2O2/c14-9-11-6-7-12(15(16)17)8-13(11)10-4-2-1-3-5-10/h1-8H. The first kappa shape index (κ1) is 10.8. The van der Waals surface area contributed by atoms with Gasteiger partial charge in [0.15, 0.2) is 0 Å². The summed E-state index contributed by atoms with van der Waals surface area (Å²) >= 11 is 0. The molecule has 4 nitrogen and oxygen atoms in total. The van der Waals surface area contributed by atoms with Crippen LogP contribution in [-0.4, -0.2) is 4.92 Å². The van der Waals surface area contributed by atoms with Gasteiger partial charge < -0.3 is 0 Å². The Hall–Kier alpha value is -2.67. The summed E-state index contributed by atoms with van der Waals surface area (Å²) in [6.07, 6.45) is 0. The van der Waals surface area contributed by atoms with E-state index in [-0.39, 0.29) is 5.69 Å². The Kier molecular flexibility index (Phi) is 2.84. The molecule has 0 aromatic heterocycles. The number of non-ortho nitro benzene ring substituents is 1. The lowest BCUT2D eigenvalue weighted by Gasteiger charge is -2.03. The average Bonchev–Trinajstić information content (AvgIpc) is 2.39. The first-order valence-electron chi connectivity index (χ1n) is 4.96. The number of hydrogen-bond acceptors (Lipinski definition) is 3. The maximum absolute atomic E-state index is 10.7. The van der Waals surface area contributed by atoms with Crippen molar-refractivity contribution in [1.29, 1.82) is 5.26 Å². The van der Waals surface area contributed by atoms with Crippen molar-refractivity contribution in [2.45, 2.75) is 0 Å². The fourth-order valence-electron chi connectivity index (χ4n) is 1.60. The predicted octanol–water partition coefficient (Wildman–Crippen LogP) is 3.13. The lowest BCUT2D eigenvalue weighted by atomic mass is 10.00. The van der Waals surface area contributed by atoms with Crippen LogP contribution in [0.2, 0.25) is 0 Å². The molecule has 17 heavy (non-hydrogen) atoms. The maximum atomic E-state index is 10.7. The molecule has 4 heteroatoms. The largest absolute Gasteiger partial charge is 0.270 e. The lowest BCUT2D eigenvalue weighted by molar-refractivity contribution is -0.384. The molecule has 2 rings (SSSR count). The van der Waals surface area contributed by atoms with Crippen LogP contribution in [0.4, 0.5) is 5.69 Å². The van der Waals surface area contributed by atoms with Gasteiger partial charge in [-0.25, -0.2) is 0 Å². The summed E-state index contributed by atoms with van der Waals surface area (Å²) in [6.45, 7) is 0. The van der Waals surface area contributed by atoms with Crippen molar-refractivity contribution in [2.24, 2.45) is 0 Å². The first-order valence-corrected chi connectivity index (χ1v) is 4.96. The molecule has 0 fully saturated rings. The van der Waals surface area contributed by atoms with Gasteiger partial charge in [-0.2, -0.15) is 5.26 Å². The van der Waals surface area contributed by atoms with E-state index in [2.05, 4.69) is 0 Å². The minimum atomic E-state index is -0.465. The molecule has 0 amide bonds. The van der Waals surface area contributed by atoms with Gasteiger partial charge in [0.25, 0.3) is 5.69 Å².